The average molecular weight is 295 g/mol. The Morgan fingerprint density at radius 3 is 2.50 bits per heavy atom. The number of urea groups is 1. The molecule has 0 spiro atoms. The summed E-state index contributed by atoms with van der Waals surface area (Å²) >= 11 is 0. The molecule has 0 atom stereocenters. The summed E-state index contributed by atoms with van der Waals surface area (Å²) < 4.78 is 5.47. The van der Waals surface area contributed by atoms with Gasteiger partial charge in [0.25, 0.3) is 0 Å². The monoisotopic (exact) mass is 295 g/mol. The summed E-state index contributed by atoms with van der Waals surface area (Å²) in [4.78, 5) is 11.7. The quantitative estimate of drug-likeness (QED) is 0.850. The third-order valence-electron chi connectivity index (χ3n) is 3.22. The van der Waals surface area contributed by atoms with Crippen molar-refractivity contribution >= 4 is 11.7 Å². The number of rotatable bonds is 4. The van der Waals surface area contributed by atoms with Crippen LogP contribution in [0.3, 0.4) is 0 Å². The normalized spacial score (nSPS) is 9.68. The van der Waals surface area contributed by atoms with Crippen LogP contribution in [0.1, 0.15) is 16.7 Å². The highest BCUT2D eigenvalue weighted by atomic mass is 16.5. The Morgan fingerprint density at radius 2 is 1.86 bits per heavy atom. The maximum atomic E-state index is 11.7. The van der Waals surface area contributed by atoms with Crippen molar-refractivity contribution in [1.29, 1.82) is 5.26 Å². The van der Waals surface area contributed by atoms with Gasteiger partial charge in [0.05, 0.1) is 11.6 Å². The number of amides is 2. The summed E-state index contributed by atoms with van der Waals surface area (Å²) in [6.45, 7) is 4.11. The molecule has 2 amide bonds. The molecule has 0 aliphatic carbocycles. The summed E-state index contributed by atoms with van der Waals surface area (Å²) in [6, 6.07) is 14.0. The molecule has 5 heteroatoms. The first-order valence-corrected chi connectivity index (χ1v) is 6.83. The van der Waals surface area contributed by atoms with E-state index in [1.54, 1.807) is 24.3 Å². The molecule has 0 aliphatic heterocycles. The van der Waals surface area contributed by atoms with Crippen molar-refractivity contribution in [2.24, 2.45) is 0 Å². The fourth-order valence-corrected chi connectivity index (χ4v) is 1.79. The van der Waals surface area contributed by atoms with Gasteiger partial charge >= 0.3 is 6.03 Å². The van der Waals surface area contributed by atoms with Gasteiger partial charge < -0.3 is 15.4 Å². The van der Waals surface area contributed by atoms with E-state index in [4.69, 9.17) is 10.00 Å². The van der Waals surface area contributed by atoms with Crippen LogP contribution >= 0.6 is 0 Å². The number of nitrogens with one attached hydrogen (secondary N) is 2. The summed E-state index contributed by atoms with van der Waals surface area (Å²) in [7, 11) is 0. The number of hydrogen-bond donors (Lipinski definition) is 2. The van der Waals surface area contributed by atoms with Gasteiger partial charge in [0.1, 0.15) is 5.75 Å². The van der Waals surface area contributed by atoms with Crippen LogP contribution in [0.5, 0.6) is 5.75 Å². The molecule has 0 bridgehead atoms. The van der Waals surface area contributed by atoms with Crippen LogP contribution in [0.25, 0.3) is 0 Å². The van der Waals surface area contributed by atoms with E-state index in [-0.39, 0.29) is 12.8 Å². The SMILES string of the molecule is Cc1ccc(OCNC(=O)Nc2ccc(C#N)cc2)cc1C. The molecule has 0 heterocycles. The Balaban J connectivity index is 1.80. The molecule has 0 aliphatic rings. The van der Waals surface area contributed by atoms with E-state index in [1.807, 2.05) is 38.1 Å². The van der Waals surface area contributed by atoms with Gasteiger partial charge in [0, 0.05) is 5.69 Å². The van der Waals surface area contributed by atoms with Crippen molar-refractivity contribution in [3.8, 4) is 11.8 Å². The van der Waals surface area contributed by atoms with Crippen molar-refractivity contribution in [3.63, 3.8) is 0 Å². The molecule has 0 unspecified atom stereocenters. The molecule has 0 aromatic heterocycles. The van der Waals surface area contributed by atoms with Crippen LogP contribution in [0, 0.1) is 25.2 Å². The number of nitriles is 1. The summed E-state index contributed by atoms with van der Waals surface area (Å²) in [6.07, 6.45) is 0. The first-order chi connectivity index (χ1) is 10.6. The standard InChI is InChI=1S/C17H17N3O2/c1-12-3-8-16(9-13(12)2)22-11-19-17(21)20-15-6-4-14(10-18)5-7-15/h3-9H,11H2,1-2H3,(H2,19,20,21). The zero-order valence-corrected chi connectivity index (χ0v) is 12.5. The molecular formula is C17H17N3O2. The lowest BCUT2D eigenvalue weighted by atomic mass is 10.1. The minimum Gasteiger partial charge on any atom is -0.473 e. The maximum Gasteiger partial charge on any atom is 0.321 e. The molecule has 112 valence electrons. The van der Waals surface area contributed by atoms with Gasteiger partial charge in [-0.25, -0.2) is 4.79 Å². The van der Waals surface area contributed by atoms with Gasteiger partial charge in [-0.3, -0.25) is 0 Å². The minimum atomic E-state index is -0.367. The number of anilines is 1. The zero-order valence-electron chi connectivity index (χ0n) is 12.5. The highest BCUT2D eigenvalue weighted by molar-refractivity contribution is 5.89. The van der Waals surface area contributed by atoms with Crippen LogP contribution in [0.15, 0.2) is 42.5 Å². The predicted octanol–water partition coefficient (Wildman–Crippen LogP) is 3.33. The van der Waals surface area contributed by atoms with E-state index in [0.717, 1.165) is 5.56 Å². The number of benzene rings is 2. The molecular weight excluding hydrogens is 278 g/mol. The van der Waals surface area contributed by atoms with Crippen molar-refractivity contribution in [1.82, 2.24) is 5.32 Å². The summed E-state index contributed by atoms with van der Waals surface area (Å²) in [5.41, 5.74) is 3.49. The second kappa shape index (κ2) is 7.14. The molecule has 5 nitrogen and oxygen atoms in total. The second-order valence-corrected chi connectivity index (χ2v) is 4.85. The lowest BCUT2D eigenvalue weighted by Crippen LogP contribution is -2.32. The first-order valence-electron chi connectivity index (χ1n) is 6.83. The van der Waals surface area contributed by atoms with Gasteiger partial charge in [-0.2, -0.15) is 5.26 Å². The van der Waals surface area contributed by atoms with Gasteiger partial charge in [0.15, 0.2) is 6.73 Å². The van der Waals surface area contributed by atoms with Gasteiger partial charge in [-0.05, 0) is 61.4 Å². The summed E-state index contributed by atoms with van der Waals surface area (Å²) in [5.74, 6) is 0.710. The lowest BCUT2D eigenvalue weighted by Gasteiger charge is -2.10. The summed E-state index contributed by atoms with van der Waals surface area (Å²) in [5, 5.41) is 14.0. The molecule has 2 N–H and O–H groups in total. The van der Waals surface area contributed by atoms with Crippen LogP contribution in [0.4, 0.5) is 10.5 Å². The zero-order chi connectivity index (χ0) is 15.9. The Labute approximate surface area is 129 Å². The van der Waals surface area contributed by atoms with Crippen LogP contribution in [0.2, 0.25) is 0 Å². The molecule has 0 fully saturated rings. The van der Waals surface area contributed by atoms with Crippen LogP contribution < -0.4 is 15.4 Å². The highest BCUT2D eigenvalue weighted by Crippen LogP contribution is 2.16. The Kier molecular flexibility index (Phi) is 4.99. The molecule has 22 heavy (non-hydrogen) atoms. The Morgan fingerprint density at radius 1 is 1.14 bits per heavy atom. The van der Waals surface area contributed by atoms with Crippen LogP contribution in [-0.4, -0.2) is 12.8 Å². The van der Waals surface area contributed by atoms with Gasteiger partial charge in [0.2, 0.25) is 0 Å². The Bertz CT molecular complexity index is 703. The van der Waals surface area contributed by atoms with Gasteiger partial charge in [-0.15, -0.1) is 0 Å². The van der Waals surface area contributed by atoms with Crippen molar-refractivity contribution in [3.05, 3.63) is 59.2 Å². The van der Waals surface area contributed by atoms with Crippen molar-refractivity contribution in [2.45, 2.75) is 13.8 Å². The topological polar surface area (TPSA) is 74.2 Å². The number of hydrogen-bond acceptors (Lipinski definition) is 3. The number of nitrogens with zero attached hydrogens (tertiary/aromatic N) is 1. The lowest BCUT2D eigenvalue weighted by molar-refractivity contribution is 0.234. The van der Waals surface area contributed by atoms with E-state index < -0.39 is 0 Å². The molecule has 2 rings (SSSR count). The van der Waals surface area contributed by atoms with E-state index in [0.29, 0.717) is 17.0 Å². The first kappa shape index (κ1) is 15.4. The van der Waals surface area contributed by atoms with E-state index in [2.05, 4.69) is 10.6 Å². The van der Waals surface area contributed by atoms with Gasteiger partial charge in [-0.1, -0.05) is 6.07 Å². The van der Waals surface area contributed by atoms with E-state index >= 15 is 0 Å². The molecule has 0 radical (unpaired) electrons. The molecule has 0 saturated carbocycles. The smallest absolute Gasteiger partial charge is 0.321 e. The highest BCUT2D eigenvalue weighted by Gasteiger charge is 2.02. The fourth-order valence-electron chi connectivity index (χ4n) is 1.79. The van der Waals surface area contributed by atoms with Crippen LogP contribution in [-0.2, 0) is 0 Å². The molecule has 0 saturated heterocycles. The number of carbonyl (C=O) groups excluding carboxylic acids is 1. The number of carbonyl (C=O) groups is 1. The van der Waals surface area contributed by atoms with Crippen molar-refractivity contribution < 1.29 is 9.53 Å². The number of ether oxygens (including phenoxy) is 1. The minimum absolute atomic E-state index is 0.0740. The van der Waals surface area contributed by atoms with E-state index in [9.17, 15) is 4.79 Å². The molecule has 2 aromatic carbocycles. The predicted molar refractivity (Wildman–Crippen MR) is 84.7 cm³/mol. The average Bonchev–Trinajstić information content (AvgIpc) is 2.51. The second-order valence-electron chi connectivity index (χ2n) is 4.85. The Hall–Kier alpha value is -3.00. The number of aryl methyl sites for hydroxylation is 2. The third-order valence-corrected chi connectivity index (χ3v) is 3.22. The molecule has 2 aromatic rings. The van der Waals surface area contributed by atoms with Crippen molar-refractivity contribution in [2.75, 3.05) is 12.0 Å². The third kappa shape index (κ3) is 4.25. The van der Waals surface area contributed by atoms with E-state index in [1.165, 1.54) is 5.56 Å². The fraction of sp³-hybridized carbons (Fsp3) is 0.176. The maximum absolute atomic E-state index is 11.7. The largest absolute Gasteiger partial charge is 0.473 e.